The van der Waals surface area contributed by atoms with E-state index >= 15 is 0 Å². The number of rotatable bonds is 2. The molecule has 0 radical (unpaired) electrons. The fourth-order valence-electron chi connectivity index (χ4n) is 4.42. The van der Waals surface area contributed by atoms with Gasteiger partial charge in [0.05, 0.1) is 10.6 Å². The van der Waals surface area contributed by atoms with E-state index < -0.39 is 15.8 Å². The summed E-state index contributed by atoms with van der Waals surface area (Å²) in [7, 11) is -3.97. The lowest BCUT2D eigenvalue weighted by Gasteiger charge is -2.33. The van der Waals surface area contributed by atoms with Gasteiger partial charge >= 0.3 is 0 Å². The maximum absolute atomic E-state index is 14.0. The van der Waals surface area contributed by atoms with Crippen molar-refractivity contribution in [3.63, 3.8) is 0 Å². The molecule has 5 rings (SSSR count). The first-order chi connectivity index (χ1) is 14.4. The Labute approximate surface area is 174 Å². The summed E-state index contributed by atoms with van der Waals surface area (Å²) >= 11 is 0. The number of anilines is 2. The Kier molecular flexibility index (Phi) is 4.18. The monoisotopic (exact) mass is 422 g/mol. The normalized spacial score (nSPS) is 18.5. The molecule has 7 heteroatoms. The molecule has 2 heterocycles. The van der Waals surface area contributed by atoms with Gasteiger partial charge in [0.15, 0.2) is 0 Å². The van der Waals surface area contributed by atoms with Gasteiger partial charge in [-0.2, -0.15) is 0 Å². The maximum Gasteiger partial charge on any atom is 0.265 e. The number of benzene rings is 3. The Bertz CT molecular complexity index is 1290. The number of fused-ring (bicyclic) bond motifs is 4. The van der Waals surface area contributed by atoms with Crippen LogP contribution in [0.2, 0.25) is 0 Å². The minimum Gasteiger partial charge on any atom is -0.307 e. The van der Waals surface area contributed by atoms with Gasteiger partial charge in [0.25, 0.3) is 10.0 Å². The van der Waals surface area contributed by atoms with Crippen LogP contribution in [0.15, 0.2) is 71.6 Å². The van der Waals surface area contributed by atoms with Crippen LogP contribution in [0.3, 0.4) is 0 Å². The third kappa shape index (κ3) is 2.73. The van der Waals surface area contributed by atoms with E-state index in [4.69, 9.17) is 0 Å². The van der Waals surface area contributed by atoms with Gasteiger partial charge in [-0.3, -0.25) is 9.10 Å². The van der Waals surface area contributed by atoms with Crippen molar-refractivity contribution in [2.24, 2.45) is 0 Å². The Balaban J connectivity index is 1.59. The molecule has 0 bridgehead atoms. The number of nitrogens with zero attached hydrogens (tertiary/aromatic N) is 2. The molecule has 1 amide bonds. The molecule has 0 fully saturated rings. The van der Waals surface area contributed by atoms with Crippen molar-refractivity contribution in [3.05, 3.63) is 78.1 Å². The molecule has 0 unspecified atom stereocenters. The van der Waals surface area contributed by atoms with Crippen LogP contribution in [-0.2, 0) is 21.2 Å². The van der Waals surface area contributed by atoms with Crippen molar-refractivity contribution in [3.8, 4) is 11.1 Å². The Morgan fingerprint density at radius 2 is 1.73 bits per heavy atom. The van der Waals surface area contributed by atoms with E-state index in [2.05, 4.69) is 0 Å². The van der Waals surface area contributed by atoms with Crippen LogP contribution >= 0.6 is 0 Å². The van der Waals surface area contributed by atoms with E-state index in [-0.39, 0.29) is 23.4 Å². The Morgan fingerprint density at radius 1 is 1.00 bits per heavy atom. The van der Waals surface area contributed by atoms with Gasteiger partial charge < -0.3 is 4.90 Å². The van der Waals surface area contributed by atoms with Crippen LogP contribution in [0.5, 0.6) is 0 Å². The average Bonchev–Trinajstić information content (AvgIpc) is 3.07. The predicted molar refractivity (Wildman–Crippen MR) is 113 cm³/mol. The van der Waals surface area contributed by atoms with Crippen molar-refractivity contribution >= 4 is 27.3 Å². The molecule has 0 aromatic heterocycles. The lowest BCUT2D eigenvalue weighted by Crippen LogP contribution is -2.46. The maximum atomic E-state index is 14.0. The number of halogens is 1. The minimum absolute atomic E-state index is 0.0673. The molecule has 3 aromatic carbocycles. The highest BCUT2D eigenvalue weighted by Gasteiger charge is 2.39. The number of carbonyl (C=O) groups is 1. The van der Waals surface area contributed by atoms with Crippen LogP contribution in [0.25, 0.3) is 11.1 Å². The number of carbonyl (C=O) groups excluding carboxylic acids is 1. The summed E-state index contributed by atoms with van der Waals surface area (Å²) in [4.78, 5) is 15.0. The van der Waals surface area contributed by atoms with Gasteiger partial charge in [0.2, 0.25) is 5.91 Å². The fraction of sp³-hybridized carbons (Fsp3) is 0.174. The molecular weight excluding hydrogens is 403 g/mol. The van der Waals surface area contributed by atoms with Gasteiger partial charge in [-0.05, 0) is 49.2 Å². The molecule has 152 valence electrons. The van der Waals surface area contributed by atoms with Gasteiger partial charge in [0, 0.05) is 22.9 Å². The second-order valence-corrected chi connectivity index (χ2v) is 9.45. The first-order valence-electron chi connectivity index (χ1n) is 9.69. The zero-order valence-electron chi connectivity index (χ0n) is 16.2. The topological polar surface area (TPSA) is 57.7 Å². The summed E-state index contributed by atoms with van der Waals surface area (Å²) in [6.07, 6.45) is 0.722. The van der Waals surface area contributed by atoms with Crippen LogP contribution in [-0.4, -0.2) is 26.9 Å². The molecular formula is C23H19FN2O3S. The van der Waals surface area contributed by atoms with E-state index in [9.17, 15) is 17.6 Å². The van der Waals surface area contributed by atoms with Crippen LogP contribution < -0.4 is 9.21 Å². The van der Waals surface area contributed by atoms with Gasteiger partial charge in [-0.15, -0.1) is 0 Å². The van der Waals surface area contributed by atoms with E-state index in [1.165, 1.54) is 24.3 Å². The van der Waals surface area contributed by atoms with Crippen LogP contribution in [0.1, 0.15) is 12.5 Å². The molecule has 0 saturated carbocycles. The highest BCUT2D eigenvalue weighted by Crippen LogP contribution is 2.43. The smallest absolute Gasteiger partial charge is 0.265 e. The molecule has 30 heavy (non-hydrogen) atoms. The van der Waals surface area contributed by atoms with Crippen molar-refractivity contribution in [2.45, 2.75) is 24.3 Å². The van der Waals surface area contributed by atoms with Gasteiger partial charge in [-0.1, -0.05) is 36.4 Å². The third-order valence-electron chi connectivity index (χ3n) is 5.73. The lowest BCUT2D eigenvalue weighted by atomic mass is 10.0. The summed E-state index contributed by atoms with van der Waals surface area (Å²) in [5, 5.41) is 0. The molecule has 3 aromatic rings. The molecule has 0 aliphatic carbocycles. The van der Waals surface area contributed by atoms with Crippen LogP contribution in [0.4, 0.5) is 15.8 Å². The van der Waals surface area contributed by atoms with Gasteiger partial charge in [0.1, 0.15) is 12.4 Å². The lowest BCUT2D eigenvalue weighted by molar-refractivity contribution is -0.117. The molecule has 0 spiro atoms. The van der Waals surface area contributed by atoms with E-state index in [0.717, 1.165) is 22.0 Å². The number of sulfonamides is 1. The molecule has 5 nitrogen and oxygen atoms in total. The van der Waals surface area contributed by atoms with E-state index in [1.807, 2.05) is 31.2 Å². The SMILES string of the molecule is C[C@@H]1Cc2ccccc2N1C(=O)CN1c2ccc(F)cc2-c2ccccc2S1(=O)=O. The summed E-state index contributed by atoms with van der Waals surface area (Å²) in [6, 6.07) is 18.0. The molecule has 2 aliphatic heterocycles. The van der Waals surface area contributed by atoms with E-state index in [0.29, 0.717) is 16.8 Å². The quantitative estimate of drug-likeness (QED) is 0.628. The van der Waals surface area contributed by atoms with E-state index in [1.54, 1.807) is 23.1 Å². The summed E-state index contributed by atoms with van der Waals surface area (Å²) < 4.78 is 41.9. The summed E-state index contributed by atoms with van der Waals surface area (Å²) in [5.74, 6) is -0.776. The summed E-state index contributed by atoms with van der Waals surface area (Å²) in [6.45, 7) is 1.59. The van der Waals surface area contributed by atoms with Crippen molar-refractivity contribution in [2.75, 3.05) is 15.7 Å². The van der Waals surface area contributed by atoms with Crippen molar-refractivity contribution < 1.29 is 17.6 Å². The highest BCUT2D eigenvalue weighted by atomic mass is 32.2. The standard InChI is InChI=1S/C23H19FN2O3S/c1-15-12-16-6-2-4-8-20(16)26(15)23(27)14-25-21-11-10-17(24)13-19(21)18-7-3-5-9-22(18)30(25,28)29/h2-11,13,15H,12,14H2,1H3/t15-/m1/s1. The first-order valence-corrected chi connectivity index (χ1v) is 11.1. The first kappa shape index (κ1) is 18.8. The fourth-order valence-corrected chi connectivity index (χ4v) is 6.06. The Morgan fingerprint density at radius 3 is 2.57 bits per heavy atom. The van der Waals surface area contributed by atoms with Gasteiger partial charge in [-0.25, -0.2) is 12.8 Å². The predicted octanol–water partition coefficient (Wildman–Crippen LogP) is 3.98. The molecule has 0 N–H and O–H groups in total. The number of amides is 1. The molecule has 2 aliphatic rings. The summed E-state index contributed by atoms with van der Waals surface area (Å²) in [5.41, 5.74) is 3.08. The minimum atomic E-state index is -3.97. The van der Waals surface area contributed by atoms with Crippen LogP contribution in [0, 0.1) is 5.82 Å². The largest absolute Gasteiger partial charge is 0.307 e. The highest BCUT2D eigenvalue weighted by molar-refractivity contribution is 7.93. The number of para-hydroxylation sites is 1. The second kappa shape index (κ2) is 6.67. The Hall–Kier alpha value is -3.19. The second-order valence-electron chi connectivity index (χ2n) is 7.61. The molecule has 0 saturated heterocycles. The number of hydrogen-bond donors (Lipinski definition) is 0. The zero-order valence-corrected chi connectivity index (χ0v) is 17.1. The third-order valence-corrected chi connectivity index (χ3v) is 7.55. The molecule has 1 atom stereocenters. The van der Waals surface area contributed by atoms with Crippen molar-refractivity contribution in [1.29, 1.82) is 0 Å². The van der Waals surface area contributed by atoms with Crippen molar-refractivity contribution in [1.82, 2.24) is 0 Å². The average molecular weight is 422 g/mol. The zero-order chi connectivity index (χ0) is 21.0. The number of hydrogen-bond acceptors (Lipinski definition) is 3.